The smallest absolute Gasteiger partial charge is 0.319 e. The second kappa shape index (κ2) is 8.05. The van der Waals surface area contributed by atoms with E-state index in [1.54, 1.807) is 19.1 Å². The molecule has 3 rings (SSSR count). The molecule has 150 valence electrons. The van der Waals surface area contributed by atoms with Crippen LogP contribution in [0.2, 0.25) is 0 Å². The first kappa shape index (κ1) is 20.6. The molecule has 1 N–H and O–H groups in total. The highest BCUT2D eigenvalue weighted by atomic mass is 32.1. The lowest BCUT2D eigenvalue weighted by Gasteiger charge is -2.25. The minimum Gasteiger partial charge on any atom is -0.319 e. The van der Waals surface area contributed by atoms with Crippen molar-refractivity contribution >= 4 is 34.9 Å². The zero-order chi connectivity index (χ0) is 21.2. The largest absolute Gasteiger partial charge is 0.325 e. The molecule has 1 aromatic carbocycles. The van der Waals surface area contributed by atoms with Crippen LogP contribution in [0.3, 0.4) is 0 Å². The first-order chi connectivity index (χ1) is 13.8. The molecule has 4 amide bonds. The molecule has 1 aliphatic heterocycles. The number of anilines is 1. The number of hydrogen-bond donors (Lipinski definition) is 1. The second-order valence-electron chi connectivity index (χ2n) is 7.15. The molecule has 0 saturated carbocycles. The Kier molecular flexibility index (Phi) is 5.71. The molecule has 1 saturated heterocycles. The Labute approximate surface area is 173 Å². The van der Waals surface area contributed by atoms with Gasteiger partial charge in [0, 0.05) is 17.1 Å². The van der Waals surface area contributed by atoms with Gasteiger partial charge in [0.2, 0.25) is 5.91 Å². The number of carbonyl (C=O) groups excluding carboxylic acids is 3. The van der Waals surface area contributed by atoms with E-state index in [-0.39, 0.29) is 19.5 Å². The lowest BCUT2D eigenvalue weighted by atomic mass is 10.0. The van der Waals surface area contributed by atoms with Crippen LogP contribution in [0.25, 0.3) is 0 Å². The maximum atomic E-state index is 13.0. The van der Waals surface area contributed by atoms with Crippen LogP contribution in [0.15, 0.2) is 35.7 Å². The van der Waals surface area contributed by atoms with Crippen LogP contribution in [0.4, 0.5) is 10.5 Å². The summed E-state index contributed by atoms with van der Waals surface area (Å²) in [5, 5.41) is 13.5. The second-order valence-corrected chi connectivity index (χ2v) is 8.09. The molecule has 1 aromatic heterocycles. The van der Waals surface area contributed by atoms with E-state index in [0.29, 0.717) is 10.6 Å². The summed E-state index contributed by atoms with van der Waals surface area (Å²) < 4.78 is 0. The third kappa shape index (κ3) is 3.87. The molecule has 7 nitrogen and oxygen atoms in total. The van der Waals surface area contributed by atoms with Crippen LogP contribution in [0.5, 0.6) is 0 Å². The molecule has 1 atom stereocenters. The summed E-state index contributed by atoms with van der Waals surface area (Å²) in [6.07, 6.45) is 0.145. The topological polar surface area (TPSA) is 93.5 Å². The van der Waals surface area contributed by atoms with E-state index < -0.39 is 23.4 Å². The van der Waals surface area contributed by atoms with Crippen molar-refractivity contribution in [3.63, 3.8) is 0 Å². The van der Waals surface area contributed by atoms with Crippen molar-refractivity contribution in [1.82, 2.24) is 10.2 Å². The molecule has 0 bridgehead atoms. The number of nitrogens with one attached hydrogen (secondary N) is 1. The van der Waals surface area contributed by atoms with Gasteiger partial charge in [-0.1, -0.05) is 12.1 Å². The Morgan fingerprint density at radius 1 is 1.28 bits per heavy atom. The molecule has 0 radical (unpaired) electrons. The van der Waals surface area contributed by atoms with Crippen LogP contribution < -0.4 is 10.2 Å². The SMILES string of the molecule is Cc1ccc(N(CCC#N)C(=O)CN2C(=O)NC(C)(c3cccs3)C2=O)cc1C. The number of imide groups is 1. The van der Waals surface area contributed by atoms with Gasteiger partial charge in [-0.3, -0.25) is 14.5 Å². The van der Waals surface area contributed by atoms with Crippen LogP contribution in [-0.4, -0.2) is 35.8 Å². The minimum absolute atomic E-state index is 0.145. The lowest BCUT2D eigenvalue weighted by Crippen LogP contribution is -2.44. The highest BCUT2D eigenvalue weighted by Gasteiger charge is 2.50. The highest BCUT2D eigenvalue weighted by Crippen LogP contribution is 2.32. The normalized spacial score (nSPS) is 18.5. The third-order valence-corrected chi connectivity index (χ3v) is 6.22. The summed E-state index contributed by atoms with van der Waals surface area (Å²) in [6, 6.07) is 10.6. The van der Waals surface area contributed by atoms with Gasteiger partial charge in [-0.05, 0) is 55.5 Å². The first-order valence-electron chi connectivity index (χ1n) is 9.20. The van der Waals surface area contributed by atoms with Crippen molar-refractivity contribution < 1.29 is 14.4 Å². The molecule has 1 aliphatic rings. The van der Waals surface area contributed by atoms with Crippen molar-refractivity contribution in [3.05, 3.63) is 51.7 Å². The number of carbonyl (C=O) groups is 3. The van der Waals surface area contributed by atoms with Gasteiger partial charge in [-0.2, -0.15) is 5.26 Å². The van der Waals surface area contributed by atoms with Crippen molar-refractivity contribution in [2.75, 3.05) is 18.0 Å². The minimum atomic E-state index is -1.18. The fraction of sp³-hybridized carbons (Fsp3) is 0.333. The van der Waals surface area contributed by atoms with E-state index in [0.717, 1.165) is 16.0 Å². The summed E-state index contributed by atoms with van der Waals surface area (Å²) >= 11 is 1.37. The zero-order valence-electron chi connectivity index (χ0n) is 16.6. The number of urea groups is 1. The van der Waals surface area contributed by atoms with E-state index in [4.69, 9.17) is 5.26 Å². The first-order valence-corrected chi connectivity index (χ1v) is 10.1. The maximum Gasteiger partial charge on any atom is 0.325 e. The van der Waals surface area contributed by atoms with Crippen molar-refractivity contribution in [2.45, 2.75) is 32.7 Å². The van der Waals surface area contributed by atoms with Gasteiger partial charge in [-0.15, -0.1) is 11.3 Å². The fourth-order valence-electron chi connectivity index (χ4n) is 3.24. The molecule has 2 aromatic rings. The molecule has 2 heterocycles. The fourth-order valence-corrected chi connectivity index (χ4v) is 4.08. The summed E-state index contributed by atoms with van der Waals surface area (Å²) in [5.74, 6) is -0.874. The quantitative estimate of drug-likeness (QED) is 0.741. The summed E-state index contributed by atoms with van der Waals surface area (Å²) in [7, 11) is 0. The van der Waals surface area contributed by atoms with Crippen LogP contribution in [0.1, 0.15) is 29.3 Å². The number of thiophene rings is 1. The Morgan fingerprint density at radius 2 is 2.03 bits per heavy atom. The number of rotatable bonds is 6. The molecule has 0 spiro atoms. The van der Waals surface area contributed by atoms with Gasteiger partial charge in [0.25, 0.3) is 5.91 Å². The summed E-state index contributed by atoms with van der Waals surface area (Å²) in [6.45, 7) is 5.35. The maximum absolute atomic E-state index is 13.0. The molecule has 1 unspecified atom stereocenters. The van der Waals surface area contributed by atoms with E-state index in [1.807, 2.05) is 43.5 Å². The predicted octanol–water partition coefficient (Wildman–Crippen LogP) is 3.08. The number of hydrogen-bond acceptors (Lipinski definition) is 5. The van der Waals surface area contributed by atoms with Gasteiger partial charge in [0.15, 0.2) is 5.54 Å². The molecular formula is C21H22N4O3S. The Balaban J connectivity index is 1.84. The monoisotopic (exact) mass is 410 g/mol. The average Bonchev–Trinajstić information content (AvgIpc) is 3.29. The standard InChI is InChI=1S/C21H22N4O3S/c1-14-7-8-16(12-15(14)2)24(10-5-9-22)18(26)13-25-19(27)21(3,23-20(25)28)17-6-4-11-29-17/h4,6-8,11-12H,5,10,13H2,1-3H3,(H,23,28). The van der Waals surface area contributed by atoms with Crippen LogP contribution in [0, 0.1) is 25.2 Å². The van der Waals surface area contributed by atoms with Crippen LogP contribution >= 0.6 is 11.3 Å². The van der Waals surface area contributed by atoms with Crippen LogP contribution in [-0.2, 0) is 15.1 Å². The number of nitrogens with zero attached hydrogens (tertiary/aromatic N) is 3. The van der Waals surface area contributed by atoms with E-state index >= 15 is 0 Å². The van der Waals surface area contributed by atoms with Gasteiger partial charge in [-0.25, -0.2) is 4.79 Å². The molecule has 0 aliphatic carbocycles. The van der Waals surface area contributed by atoms with E-state index in [1.165, 1.54) is 16.2 Å². The number of aryl methyl sites for hydroxylation is 2. The molecule has 8 heteroatoms. The predicted molar refractivity (Wildman–Crippen MR) is 110 cm³/mol. The number of nitriles is 1. The Hall–Kier alpha value is -3.18. The van der Waals surface area contributed by atoms with Crippen molar-refractivity contribution in [2.24, 2.45) is 0 Å². The van der Waals surface area contributed by atoms with Gasteiger partial charge in [0.1, 0.15) is 6.54 Å². The van der Waals surface area contributed by atoms with Gasteiger partial charge in [0.05, 0.1) is 12.5 Å². The Morgan fingerprint density at radius 3 is 2.66 bits per heavy atom. The summed E-state index contributed by atoms with van der Waals surface area (Å²) in [5.41, 5.74) is 1.56. The molecule has 29 heavy (non-hydrogen) atoms. The zero-order valence-corrected chi connectivity index (χ0v) is 17.4. The highest BCUT2D eigenvalue weighted by molar-refractivity contribution is 7.10. The van der Waals surface area contributed by atoms with Gasteiger partial charge >= 0.3 is 6.03 Å². The molecule has 1 fully saturated rings. The lowest BCUT2D eigenvalue weighted by molar-refractivity contribution is -0.134. The molecular weight excluding hydrogens is 388 g/mol. The number of amides is 4. The Bertz CT molecular complexity index is 996. The average molecular weight is 410 g/mol. The third-order valence-electron chi connectivity index (χ3n) is 5.13. The van der Waals surface area contributed by atoms with Gasteiger partial charge < -0.3 is 10.2 Å². The number of benzene rings is 1. The van der Waals surface area contributed by atoms with E-state index in [2.05, 4.69) is 5.32 Å². The summed E-state index contributed by atoms with van der Waals surface area (Å²) in [4.78, 5) is 41.6. The van der Waals surface area contributed by atoms with E-state index in [9.17, 15) is 14.4 Å². The van der Waals surface area contributed by atoms with Crippen molar-refractivity contribution in [1.29, 1.82) is 5.26 Å². The van der Waals surface area contributed by atoms with Crippen molar-refractivity contribution in [3.8, 4) is 6.07 Å².